The van der Waals surface area contributed by atoms with E-state index in [0.29, 0.717) is 11.6 Å². The molecule has 0 fully saturated rings. The Kier molecular flexibility index (Phi) is 6.19. The highest BCUT2D eigenvalue weighted by Crippen LogP contribution is 2.26. The zero-order valence-electron chi connectivity index (χ0n) is 15.5. The van der Waals surface area contributed by atoms with Gasteiger partial charge in [-0.2, -0.15) is 5.10 Å². The smallest absolute Gasteiger partial charge is 0.203 e. The molecule has 1 aromatic heterocycles. The minimum atomic E-state index is 0.534. The Hall–Kier alpha value is -3.15. The molecular formula is C23H18ClN3OS. The van der Waals surface area contributed by atoms with Crippen LogP contribution in [0.1, 0.15) is 11.1 Å². The molecule has 0 aliphatic rings. The van der Waals surface area contributed by atoms with E-state index in [2.05, 4.69) is 15.5 Å². The van der Waals surface area contributed by atoms with Crippen LogP contribution < -0.4 is 10.2 Å². The fourth-order valence-electron chi connectivity index (χ4n) is 2.67. The SMILES string of the molecule is Clc1ccc(-c2csc(N/N=C/c3cccc(OCc4ccccc4)c3)n2)cc1. The van der Waals surface area contributed by atoms with Gasteiger partial charge in [-0.3, -0.25) is 5.43 Å². The first-order chi connectivity index (χ1) is 14.3. The quantitative estimate of drug-likeness (QED) is 0.275. The number of benzene rings is 3. The molecule has 0 bridgehead atoms. The maximum atomic E-state index is 5.93. The lowest BCUT2D eigenvalue weighted by molar-refractivity contribution is 0.306. The van der Waals surface area contributed by atoms with Crippen molar-refractivity contribution in [2.75, 3.05) is 5.43 Å². The summed E-state index contributed by atoms with van der Waals surface area (Å²) in [6, 6.07) is 25.5. The lowest BCUT2D eigenvalue weighted by atomic mass is 10.2. The van der Waals surface area contributed by atoms with Crippen LogP contribution in [0.15, 0.2) is 89.3 Å². The highest BCUT2D eigenvalue weighted by atomic mass is 35.5. The minimum absolute atomic E-state index is 0.534. The van der Waals surface area contributed by atoms with Gasteiger partial charge >= 0.3 is 0 Å². The van der Waals surface area contributed by atoms with Crippen molar-refractivity contribution in [1.29, 1.82) is 0 Å². The van der Waals surface area contributed by atoms with E-state index >= 15 is 0 Å². The lowest BCUT2D eigenvalue weighted by Crippen LogP contribution is -1.96. The molecule has 0 aliphatic heterocycles. The Bertz CT molecular complexity index is 1090. The van der Waals surface area contributed by atoms with Crippen LogP contribution in [0.2, 0.25) is 5.02 Å². The third-order valence-electron chi connectivity index (χ3n) is 4.12. The fraction of sp³-hybridized carbons (Fsp3) is 0.0435. The predicted molar refractivity (Wildman–Crippen MR) is 121 cm³/mol. The molecule has 0 saturated heterocycles. The van der Waals surface area contributed by atoms with Crippen LogP contribution >= 0.6 is 22.9 Å². The molecular weight excluding hydrogens is 402 g/mol. The molecule has 0 amide bonds. The molecule has 0 unspecified atom stereocenters. The number of hydrogen-bond acceptors (Lipinski definition) is 5. The van der Waals surface area contributed by atoms with Crippen LogP contribution in [0.3, 0.4) is 0 Å². The van der Waals surface area contributed by atoms with Crippen LogP contribution in [0.4, 0.5) is 5.13 Å². The minimum Gasteiger partial charge on any atom is -0.489 e. The number of thiazole rings is 1. The van der Waals surface area contributed by atoms with E-state index in [1.54, 1.807) is 6.21 Å². The van der Waals surface area contributed by atoms with E-state index < -0.39 is 0 Å². The van der Waals surface area contributed by atoms with Crippen molar-refractivity contribution in [3.8, 4) is 17.0 Å². The van der Waals surface area contributed by atoms with Gasteiger partial charge in [0, 0.05) is 16.0 Å². The molecule has 29 heavy (non-hydrogen) atoms. The molecule has 1 heterocycles. The third kappa shape index (κ3) is 5.44. The van der Waals surface area contributed by atoms with Crippen molar-refractivity contribution in [3.05, 3.63) is 100 Å². The van der Waals surface area contributed by atoms with Crippen molar-refractivity contribution in [1.82, 2.24) is 4.98 Å². The zero-order valence-corrected chi connectivity index (χ0v) is 17.0. The van der Waals surface area contributed by atoms with Gasteiger partial charge in [-0.1, -0.05) is 66.2 Å². The topological polar surface area (TPSA) is 46.5 Å². The molecule has 144 valence electrons. The summed E-state index contributed by atoms with van der Waals surface area (Å²) in [5, 5.41) is 7.71. The van der Waals surface area contributed by atoms with Crippen molar-refractivity contribution in [2.45, 2.75) is 6.61 Å². The first kappa shape index (κ1) is 19.2. The summed E-state index contributed by atoms with van der Waals surface area (Å²) in [6.45, 7) is 0.534. The third-order valence-corrected chi connectivity index (χ3v) is 5.12. The molecule has 0 aliphatic carbocycles. The van der Waals surface area contributed by atoms with Gasteiger partial charge in [0.05, 0.1) is 11.9 Å². The van der Waals surface area contributed by atoms with Gasteiger partial charge in [0.1, 0.15) is 12.4 Å². The Morgan fingerprint density at radius 2 is 1.83 bits per heavy atom. The highest BCUT2D eigenvalue weighted by molar-refractivity contribution is 7.14. The number of hydrazone groups is 1. The van der Waals surface area contributed by atoms with E-state index in [9.17, 15) is 0 Å². The molecule has 4 rings (SSSR count). The van der Waals surface area contributed by atoms with E-state index in [0.717, 1.165) is 33.3 Å². The number of nitrogens with zero attached hydrogens (tertiary/aromatic N) is 2. The van der Waals surface area contributed by atoms with Gasteiger partial charge in [0.2, 0.25) is 5.13 Å². The van der Waals surface area contributed by atoms with Crippen LogP contribution in [-0.2, 0) is 6.61 Å². The molecule has 4 nitrogen and oxygen atoms in total. The molecule has 1 N–H and O–H groups in total. The zero-order chi connectivity index (χ0) is 19.9. The van der Waals surface area contributed by atoms with Gasteiger partial charge in [0.15, 0.2) is 0 Å². The van der Waals surface area contributed by atoms with E-state index in [1.165, 1.54) is 11.3 Å². The molecule has 0 atom stereocenters. The van der Waals surface area contributed by atoms with Gasteiger partial charge < -0.3 is 4.74 Å². The Morgan fingerprint density at radius 3 is 2.66 bits per heavy atom. The van der Waals surface area contributed by atoms with Gasteiger partial charge in [-0.05, 0) is 35.4 Å². The number of halogens is 1. The van der Waals surface area contributed by atoms with Gasteiger partial charge in [-0.25, -0.2) is 4.98 Å². The molecule has 0 spiro atoms. The van der Waals surface area contributed by atoms with Crippen molar-refractivity contribution >= 4 is 34.3 Å². The van der Waals surface area contributed by atoms with Crippen LogP contribution in [-0.4, -0.2) is 11.2 Å². The average Bonchev–Trinajstić information content (AvgIpc) is 3.23. The first-order valence-corrected chi connectivity index (χ1v) is 10.3. The number of anilines is 1. The second-order valence-corrected chi connectivity index (χ2v) is 7.56. The standard InChI is InChI=1S/C23H18ClN3OS/c24-20-11-9-19(10-12-20)22-16-29-23(26-22)27-25-14-18-7-4-8-21(13-18)28-15-17-5-2-1-3-6-17/h1-14,16H,15H2,(H,26,27)/b25-14+. The summed E-state index contributed by atoms with van der Waals surface area (Å²) in [7, 11) is 0. The van der Waals surface area contributed by atoms with Crippen LogP contribution in [0.5, 0.6) is 5.75 Å². The number of nitrogens with one attached hydrogen (secondary N) is 1. The second kappa shape index (κ2) is 9.37. The first-order valence-electron chi connectivity index (χ1n) is 9.03. The Labute approximate surface area is 178 Å². The fourth-order valence-corrected chi connectivity index (χ4v) is 3.46. The molecule has 0 radical (unpaired) electrons. The number of aromatic nitrogens is 1. The lowest BCUT2D eigenvalue weighted by Gasteiger charge is -2.06. The number of ether oxygens (including phenoxy) is 1. The number of rotatable bonds is 7. The maximum absolute atomic E-state index is 5.93. The van der Waals surface area contributed by atoms with Gasteiger partial charge in [0.25, 0.3) is 0 Å². The summed E-state index contributed by atoms with van der Waals surface area (Å²) in [5.41, 5.74) is 6.97. The Balaban J connectivity index is 1.35. The maximum Gasteiger partial charge on any atom is 0.203 e. The van der Waals surface area contributed by atoms with E-state index in [1.807, 2.05) is 84.2 Å². The van der Waals surface area contributed by atoms with Crippen molar-refractivity contribution in [3.63, 3.8) is 0 Å². The Morgan fingerprint density at radius 1 is 1.00 bits per heavy atom. The van der Waals surface area contributed by atoms with E-state index in [4.69, 9.17) is 16.3 Å². The largest absolute Gasteiger partial charge is 0.489 e. The summed E-state index contributed by atoms with van der Waals surface area (Å²) >= 11 is 7.43. The second-order valence-electron chi connectivity index (χ2n) is 6.26. The highest BCUT2D eigenvalue weighted by Gasteiger charge is 2.04. The molecule has 6 heteroatoms. The monoisotopic (exact) mass is 419 g/mol. The average molecular weight is 420 g/mol. The molecule has 3 aromatic carbocycles. The van der Waals surface area contributed by atoms with E-state index in [-0.39, 0.29) is 0 Å². The normalized spacial score (nSPS) is 10.9. The van der Waals surface area contributed by atoms with Crippen LogP contribution in [0, 0.1) is 0 Å². The summed E-state index contributed by atoms with van der Waals surface area (Å²) in [4.78, 5) is 4.55. The summed E-state index contributed by atoms with van der Waals surface area (Å²) in [5.74, 6) is 0.803. The molecule has 4 aromatic rings. The molecule has 0 saturated carbocycles. The van der Waals surface area contributed by atoms with Crippen molar-refractivity contribution < 1.29 is 4.74 Å². The van der Waals surface area contributed by atoms with Gasteiger partial charge in [-0.15, -0.1) is 11.3 Å². The number of hydrogen-bond donors (Lipinski definition) is 1. The predicted octanol–water partition coefficient (Wildman–Crippen LogP) is 6.49. The summed E-state index contributed by atoms with van der Waals surface area (Å²) in [6.07, 6.45) is 1.75. The van der Waals surface area contributed by atoms with Crippen LogP contribution in [0.25, 0.3) is 11.3 Å². The summed E-state index contributed by atoms with van der Waals surface area (Å²) < 4.78 is 5.86. The van der Waals surface area contributed by atoms with Crippen molar-refractivity contribution in [2.24, 2.45) is 5.10 Å².